The molecule has 1 heterocycles. The zero-order valence-electron chi connectivity index (χ0n) is 13.8. The molecule has 0 amide bonds. The van der Waals surface area contributed by atoms with Crippen LogP contribution in [0.25, 0.3) is 0 Å². The van der Waals surface area contributed by atoms with E-state index in [9.17, 15) is 0 Å². The van der Waals surface area contributed by atoms with Crippen LogP contribution in [-0.2, 0) is 11.3 Å². The minimum absolute atomic E-state index is 0.524. The summed E-state index contributed by atoms with van der Waals surface area (Å²) >= 11 is 0. The van der Waals surface area contributed by atoms with Gasteiger partial charge in [-0.1, -0.05) is 38.1 Å². The zero-order chi connectivity index (χ0) is 15.1. The highest BCUT2D eigenvalue weighted by molar-refractivity contribution is 5.25. The van der Waals surface area contributed by atoms with Gasteiger partial charge in [0.15, 0.2) is 0 Å². The van der Waals surface area contributed by atoms with E-state index in [4.69, 9.17) is 4.74 Å². The Labute approximate surface area is 129 Å². The van der Waals surface area contributed by atoms with Crippen molar-refractivity contribution in [2.75, 3.05) is 32.8 Å². The van der Waals surface area contributed by atoms with E-state index in [0.717, 1.165) is 39.4 Å². The van der Waals surface area contributed by atoms with E-state index in [-0.39, 0.29) is 0 Å². The maximum Gasteiger partial charge on any atom is 0.0619 e. The largest absolute Gasteiger partial charge is 0.379 e. The van der Waals surface area contributed by atoms with Gasteiger partial charge in [0.05, 0.1) is 13.2 Å². The van der Waals surface area contributed by atoms with Gasteiger partial charge in [-0.05, 0) is 36.9 Å². The lowest BCUT2D eigenvalue weighted by molar-refractivity contribution is -0.00437. The SMILES string of the molecule is CCCNCC(C)c1ccc(CN2CCOCC2C)cc1. The van der Waals surface area contributed by atoms with E-state index in [0.29, 0.717) is 12.0 Å². The molecule has 0 saturated carbocycles. The predicted octanol–water partition coefficient (Wildman–Crippen LogP) is 3.01. The van der Waals surface area contributed by atoms with Gasteiger partial charge >= 0.3 is 0 Å². The molecule has 2 rings (SSSR count). The Bertz CT molecular complexity index is 404. The number of nitrogens with one attached hydrogen (secondary N) is 1. The third-order valence-corrected chi connectivity index (χ3v) is 4.32. The zero-order valence-corrected chi connectivity index (χ0v) is 13.8. The van der Waals surface area contributed by atoms with Gasteiger partial charge in [-0.25, -0.2) is 0 Å². The molecule has 3 nitrogen and oxygen atoms in total. The second-order valence-electron chi connectivity index (χ2n) is 6.24. The normalized spacial score (nSPS) is 21.4. The first-order valence-electron chi connectivity index (χ1n) is 8.32. The van der Waals surface area contributed by atoms with Crippen LogP contribution in [0.2, 0.25) is 0 Å². The molecule has 2 unspecified atom stereocenters. The average molecular weight is 290 g/mol. The summed E-state index contributed by atoms with van der Waals surface area (Å²) < 4.78 is 5.50. The van der Waals surface area contributed by atoms with Crippen LogP contribution in [-0.4, -0.2) is 43.8 Å². The Balaban J connectivity index is 1.86. The minimum Gasteiger partial charge on any atom is -0.379 e. The summed E-state index contributed by atoms with van der Waals surface area (Å²) in [5, 5.41) is 3.50. The number of rotatable bonds is 7. The third kappa shape index (κ3) is 5.10. The number of hydrogen-bond donors (Lipinski definition) is 1. The van der Waals surface area contributed by atoms with E-state index in [1.54, 1.807) is 0 Å². The summed E-state index contributed by atoms with van der Waals surface area (Å²) in [4.78, 5) is 2.50. The lowest BCUT2D eigenvalue weighted by Crippen LogP contribution is -2.42. The van der Waals surface area contributed by atoms with Crippen LogP contribution in [0.15, 0.2) is 24.3 Å². The molecular formula is C18H30N2O. The Hall–Kier alpha value is -0.900. The lowest BCUT2D eigenvalue weighted by atomic mass is 9.99. The van der Waals surface area contributed by atoms with Crippen molar-refractivity contribution < 1.29 is 4.74 Å². The van der Waals surface area contributed by atoms with Crippen molar-refractivity contribution in [1.29, 1.82) is 0 Å². The van der Waals surface area contributed by atoms with Gasteiger partial charge < -0.3 is 10.1 Å². The predicted molar refractivity (Wildman–Crippen MR) is 88.7 cm³/mol. The van der Waals surface area contributed by atoms with Gasteiger partial charge in [0.1, 0.15) is 0 Å². The van der Waals surface area contributed by atoms with E-state index in [2.05, 4.69) is 55.3 Å². The quantitative estimate of drug-likeness (QED) is 0.781. The van der Waals surface area contributed by atoms with Crippen molar-refractivity contribution in [3.8, 4) is 0 Å². The maximum atomic E-state index is 5.50. The standard InChI is InChI=1S/C18H30N2O/c1-4-9-19-12-15(2)18-7-5-17(6-8-18)13-20-10-11-21-14-16(20)3/h5-8,15-16,19H,4,9-14H2,1-3H3. The molecule has 118 valence electrons. The van der Waals surface area contributed by atoms with E-state index in [1.165, 1.54) is 17.5 Å². The number of hydrogen-bond acceptors (Lipinski definition) is 3. The molecule has 3 heteroatoms. The van der Waals surface area contributed by atoms with Crippen molar-refractivity contribution in [2.24, 2.45) is 0 Å². The Morgan fingerprint density at radius 3 is 2.76 bits per heavy atom. The fourth-order valence-corrected chi connectivity index (χ4v) is 2.80. The molecule has 21 heavy (non-hydrogen) atoms. The van der Waals surface area contributed by atoms with Gasteiger partial charge in [0, 0.05) is 25.7 Å². The second-order valence-corrected chi connectivity index (χ2v) is 6.24. The first kappa shape index (κ1) is 16.5. The van der Waals surface area contributed by atoms with E-state index >= 15 is 0 Å². The van der Waals surface area contributed by atoms with E-state index in [1.807, 2.05) is 0 Å². The fourth-order valence-electron chi connectivity index (χ4n) is 2.80. The van der Waals surface area contributed by atoms with Gasteiger partial charge in [0.2, 0.25) is 0 Å². The topological polar surface area (TPSA) is 24.5 Å². The molecule has 1 aromatic rings. The molecule has 0 radical (unpaired) electrons. The Morgan fingerprint density at radius 2 is 2.10 bits per heavy atom. The van der Waals surface area contributed by atoms with E-state index < -0.39 is 0 Å². The van der Waals surface area contributed by atoms with Crippen molar-refractivity contribution in [1.82, 2.24) is 10.2 Å². The molecule has 1 N–H and O–H groups in total. The molecule has 2 atom stereocenters. The minimum atomic E-state index is 0.524. The van der Waals surface area contributed by atoms with Crippen LogP contribution < -0.4 is 5.32 Å². The summed E-state index contributed by atoms with van der Waals surface area (Å²) in [6, 6.07) is 9.68. The number of ether oxygens (including phenoxy) is 1. The summed E-state index contributed by atoms with van der Waals surface area (Å²) in [5.41, 5.74) is 2.83. The molecule has 1 aliphatic heterocycles. The third-order valence-electron chi connectivity index (χ3n) is 4.32. The van der Waals surface area contributed by atoms with Crippen LogP contribution in [0.5, 0.6) is 0 Å². The first-order chi connectivity index (χ1) is 10.2. The van der Waals surface area contributed by atoms with Gasteiger partial charge in [0.25, 0.3) is 0 Å². The lowest BCUT2D eigenvalue weighted by Gasteiger charge is -2.33. The van der Waals surface area contributed by atoms with Gasteiger partial charge in [-0.2, -0.15) is 0 Å². The molecule has 1 aliphatic rings. The van der Waals surface area contributed by atoms with Crippen LogP contribution in [0.1, 0.15) is 44.2 Å². The summed E-state index contributed by atoms with van der Waals surface area (Å²) in [5.74, 6) is 0.577. The summed E-state index contributed by atoms with van der Waals surface area (Å²) in [6.45, 7) is 12.7. The van der Waals surface area contributed by atoms with Gasteiger partial charge in [-0.15, -0.1) is 0 Å². The summed E-state index contributed by atoms with van der Waals surface area (Å²) in [7, 11) is 0. The first-order valence-corrected chi connectivity index (χ1v) is 8.32. The highest BCUT2D eigenvalue weighted by Gasteiger charge is 2.18. The molecule has 1 fully saturated rings. The highest BCUT2D eigenvalue weighted by Crippen LogP contribution is 2.17. The molecule has 0 bridgehead atoms. The smallest absolute Gasteiger partial charge is 0.0619 e. The van der Waals surface area contributed by atoms with Crippen molar-refractivity contribution in [3.63, 3.8) is 0 Å². The fraction of sp³-hybridized carbons (Fsp3) is 0.667. The molecule has 1 saturated heterocycles. The van der Waals surface area contributed by atoms with Crippen LogP contribution in [0.3, 0.4) is 0 Å². The van der Waals surface area contributed by atoms with Crippen LogP contribution >= 0.6 is 0 Å². The van der Waals surface area contributed by atoms with Crippen LogP contribution in [0, 0.1) is 0 Å². The maximum absolute atomic E-state index is 5.50. The number of morpholine rings is 1. The Kier molecular flexibility index (Phi) is 6.68. The van der Waals surface area contributed by atoms with Crippen molar-refractivity contribution in [3.05, 3.63) is 35.4 Å². The molecule has 0 spiro atoms. The van der Waals surface area contributed by atoms with Crippen molar-refractivity contribution >= 4 is 0 Å². The van der Waals surface area contributed by atoms with Crippen LogP contribution in [0.4, 0.5) is 0 Å². The second kappa shape index (κ2) is 8.52. The van der Waals surface area contributed by atoms with Crippen molar-refractivity contribution in [2.45, 2.75) is 45.7 Å². The monoisotopic (exact) mass is 290 g/mol. The number of benzene rings is 1. The highest BCUT2D eigenvalue weighted by atomic mass is 16.5. The summed E-state index contributed by atoms with van der Waals surface area (Å²) in [6.07, 6.45) is 1.20. The molecule has 1 aromatic carbocycles. The van der Waals surface area contributed by atoms with Gasteiger partial charge in [-0.3, -0.25) is 4.90 Å². The average Bonchev–Trinajstić information content (AvgIpc) is 2.50. The number of nitrogens with zero attached hydrogens (tertiary/aromatic N) is 1. The molecule has 0 aliphatic carbocycles. The molecule has 0 aromatic heterocycles. The molecular weight excluding hydrogens is 260 g/mol. The Morgan fingerprint density at radius 1 is 1.33 bits per heavy atom.